The molecule has 0 saturated heterocycles. The Bertz CT molecular complexity index is 796. The summed E-state index contributed by atoms with van der Waals surface area (Å²) in [6.07, 6.45) is 3.75. The molecule has 1 fully saturated rings. The third-order valence-corrected chi connectivity index (χ3v) is 4.97. The molecular formula is C21H21FN2O. The first kappa shape index (κ1) is 17.2. The Morgan fingerprint density at radius 1 is 1.08 bits per heavy atom. The fourth-order valence-electron chi connectivity index (χ4n) is 3.82. The average Bonchev–Trinajstić information content (AvgIpc) is 2.66. The molecule has 2 unspecified atom stereocenters. The quantitative estimate of drug-likeness (QED) is 0.841. The molecule has 0 heterocycles. The highest BCUT2D eigenvalue weighted by Gasteiger charge is 2.33. The number of hydrogen-bond donors (Lipinski definition) is 1. The molecular weight excluding hydrogens is 315 g/mol. The van der Waals surface area contributed by atoms with E-state index in [4.69, 9.17) is 5.26 Å². The van der Waals surface area contributed by atoms with E-state index in [1.807, 2.05) is 36.4 Å². The first-order chi connectivity index (χ1) is 12.2. The van der Waals surface area contributed by atoms with E-state index in [0.717, 1.165) is 36.8 Å². The molecule has 3 nitrogen and oxygen atoms in total. The van der Waals surface area contributed by atoms with Crippen molar-refractivity contribution in [1.82, 2.24) is 5.32 Å². The summed E-state index contributed by atoms with van der Waals surface area (Å²) in [5, 5.41) is 11.4. The van der Waals surface area contributed by atoms with Gasteiger partial charge in [0.1, 0.15) is 12.4 Å². The Labute approximate surface area is 147 Å². The van der Waals surface area contributed by atoms with Crippen LogP contribution in [0.1, 0.15) is 37.2 Å². The fourth-order valence-corrected chi connectivity index (χ4v) is 3.82. The molecule has 0 spiro atoms. The second-order valence-corrected chi connectivity index (χ2v) is 6.44. The van der Waals surface area contributed by atoms with Crippen LogP contribution in [0.4, 0.5) is 4.39 Å². The molecule has 2 aromatic rings. The zero-order valence-electron chi connectivity index (χ0n) is 14.0. The van der Waals surface area contributed by atoms with E-state index in [9.17, 15) is 9.18 Å². The number of amides is 1. The van der Waals surface area contributed by atoms with Gasteiger partial charge in [0.05, 0.1) is 6.07 Å². The van der Waals surface area contributed by atoms with Crippen LogP contribution in [0.2, 0.25) is 0 Å². The third-order valence-electron chi connectivity index (χ3n) is 4.97. The summed E-state index contributed by atoms with van der Waals surface area (Å²) in [6, 6.07) is 16.5. The summed E-state index contributed by atoms with van der Waals surface area (Å²) in [5.74, 6) is -0.455. The van der Waals surface area contributed by atoms with Crippen LogP contribution in [0, 0.1) is 23.1 Å². The Morgan fingerprint density at radius 3 is 2.52 bits per heavy atom. The molecule has 1 amide bonds. The van der Waals surface area contributed by atoms with Crippen LogP contribution in [0.25, 0.3) is 11.1 Å². The number of nitrogens with zero attached hydrogens (tertiary/aromatic N) is 1. The van der Waals surface area contributed by atoms with Gasteiger partial charge in [0.25, 0.3) is 0 Å². The van der Waals surface area contributed by atoms with Crippen molar-refractivity contribution in [3.63, 3.8) is 0 Å². The Hall–Kier alpha value is -2.67. The lowest BCUT2D eigenvalue weighted by atomic mass is 9.73. The number of hydrogen-bond acceptors (Lipinski definition) is 2. The van der Waals surface area contributed by atoms with Crippen molar-refractivity contribution >= 4 is 5.91 Å². The van der Waals surface area contributed by atoms with Gasteiger partial charge in [0.2, 0.25) is 5.91 Å². The van der Waals surface area contributed by atoms with E-state index >= 15 is 0 Å². The van der Waals surface area contributed by atoms with Crippen molar-refractivity contribution < 1.29 is 9.18 Å². The summed E-state index contributed by atoms with van der Waals surface area (Å²) in [5.41, 5.74) is 2.44. The molecule has 1 aliphatic carbocycles. The van der Waals surface area contributed by atoms with Crippen molar-refractivity contribution in [2.45, 2.75) is 31.6 Å². The summed E-state index contributed by atoms with van der Waals surface area (Å²) in [7, 11) is 0. The molecule has 1 aliphatic rings. The van der Waals surface area contributed by atoms with Gasteiger partial charge < -0.3 is 5.32 Å². The second-order valence-electron chi connectivity index (χ2n) is 6.44. The van der Waals surface area contributed by atoms with Gasteiger partial charge in [-0.15, -0.1) is 0 Å². The topological polar surface area (TPSA) is 52.9 Å². The Morgan fingerprint density at radius 2 is 1.76 bits per heavy atom. The summed E-state index contributed by atoms with van der Waals surface area (Å²) in [4.78, 5) is 12.5. The predicted molar refractivity (Wildman–Crippen MR) is 95.2 cm³/mol. The van der Waals surface area contributed by atoms with Gasteiger partial charge in [-0.05, 0) is 36.0 Å². The second kappa shape index (κ2) is 7.94. The lowest BCUT2D eigenvalue weighted by molar-refractivity contribution is -0.126. The summed E-state index contributed by atoms with van der Waals surface area (Å²) in [6.45, 7) is 0.0248. The van der Waals surface area contributed by atoms with Gasteiger partial charge in [0.15, 0.2) is 0 Å². The number of halogens is 1. The minimum Gasteiger partial charge on any atom is -0.343 e. The number of nitrogens with one attached hydrogen (secondary N) is 1. The number of benzene rings is 2. The summed E-state index contributed by atoms with van der Waals surface area (Å²) >= 11 is 0. The van der Waals surface area contributed by atoms with E-state index in [2.05, 4.69) is 5.32 Å². The minimum atomic E-state index is -0.253. The molecule has 128 valence electrons. The highest BCUT2D eigenvalue weighted by Crippen LogP contribution is 2.42. The lowest BCUT2D eigenvalue weighted by Crippen LogP contribution is -2.36. The molecule has 4 heteroatoms. The first-order valence-corrected chi connectivity index (χ1v) is 8.71. The molecule has 1 N–H and O–H groups in total. The van der Waals surface area contributed by atoms with Crippen LogP contribution in [0.5, 0.6) is 0 Å². The zero-order chi connectivity index (χ0) is 17.6. The molecule has 2 aromatic carbocycles. The Balaban J connectivity index is 1.99. The highest BCUT2D eigenvalue weighted by molar-refractivity contribution is 5.81. The van der Waals surface area contributed by atoms with Crippen molar-refractivity contribution in [3.8, 4) is 17.2 Å². The van der Waals surface area contributed by atoms with Crippen molar-refractivity contribution in [2.24, 2.45) is 5.92 Å². The maximum atomic E-state index is 14.3. The van der Waals surface area contributed by atoms with E-state index in [-0.39, 0.29) is 30.1 Å². The van der Waals surface area contributed by atoms with Crippen molar-refractivity contribution in [1.29, 1.82) is 5.26 Å². The monoisotopic (exact) mass is 336 g/mol. The maximum Gasteiger partial charge on any atom is 0.224 e. The number of nitriles is 1. The molecule has 0 aliphatic heterocycles. The molecule has 0 bridgehead atoms. The van der Waals surface area contributed by atoms with E-state index in [1.165, 1.54) is 6.07 Å². The van der Waals surface area contributed by atoms with Crippen LogP contribution in [0.15, 0.2) is 48.5 Å². The zero-order valence-corrected chi connectivity index (χ0v) is 14.0. The standard InChI is InChI=1S/C21H21FN2O/c22-20-12-6-5-10-18(20)16-8-2-1-7-15(16)17-9-3-4-11-19(17)21(25)24-14-13-23/h1-2,5-8,10,12,17,19H,3-4,9,11,14H2,(H,24,25). The van der Waals surface area contributed by atoms with E-state index < -0.39 is 0 Å². The smallest absolute Gasteiger partial charge is 0.224 e. The average molecular weight is 336 g/mol. The van der Waals surface area contributed by atoms with Gasteiger partial charge in [-0.1, -0.05) is 55.3 Å². The van der Waals surface area contributed by atoms with Crippen LogP contribution in [0.3, 0.4) is 0 Å². The minimum absolute atomic E-state index is 0.0248. The number of carbonyl (C=O) groups excluding carboxylic acids is 1. The molecule has 25 heavy (non-hydrogen) atoms. The Kier molecular flexibility index (Phi) is 5.45. The molecule has 1 saturated carbocycles. The maximum absolute atomic E-state index is 14.3. The van der Waals surface area contributed by atoms with Crippen molar-refractivity contribution in [3.05, 3.63) is 59.9 Å². The third kappa shape index (κ3) is 3.71. The van der Waals surface area contributed by atoms with Gasteiger partial charge in [-0.2, -0.15) is 5.26 Å². The molecule has 3 rings (SSSR count). The van der Waals surface area contributed by atoms with E-state index in [0.29, 0.717) is 5.56 Å². The SMILES string of the molecule is N#CCNC(=O)C1CCCCC1c1ccccc1-c1ccccc1F. The largest absolute Gasteiger partial charge is 0.343 e. The van der Waals surface area contributed by atoms with Gasteiger partial charge in [-0.25, -0.2) is 4.39 Å². The first-order valence-electron chi connectivity index (χ1n) is 8.71. The van der Waals surface area contributed by atoms with Crippen LogP contribution < -0.4 is 5.32 Å². The predicted octanol–water partition coefficient (Wildman–Crippen LogP) is 4.41. The number of rotatable bonds is 4. The van der Waals surface area contributed by atoms with Crippen LogP contribution in [-0.4, -0.2) is 12.5 Å². The van der Waals surface area contributed by atoms with Gasteiger partial charge in [0, 0.05) is 11.5 Å². The van der Waals surface area contributed by atoms with E-state index in [1.54, 1.807) is 12.1 Å². The van der Waals surface area contributed by atoms with Crippen molar-refractivity contribution in [2.75, 3.05) is 6.54 Å². The molecule has 0 radical (unpaired) electrons. The highest BCUT2D eigenvalue weighted by atomic mass is 19.1. The van der Waals surface area contributed by atoms with Crippen LogP contribution >= 0.6 is 0 Å². The molecule has 2 atom stereocenters. The molecule has 0 aromatic heterocycles. The van der Waals surface area contributed by atoms with Crippen LogP contribution in [-0.2, 0) is 4.79 Å². The van der Waals surface area contributed by atoms with Gasteiger partial charge in [-0.3, -0.25) is 4.79 Å². The summed E-state index contributed by atoms with van der Waals surface area (Å²) < 4.78 is 14.3. The lowest BCUT2D eigenvalue weighted by Gasteiger charge is -2.32. The number of carbonyl (C=O) groups is 1. The fraction of sp³-hybridized carbons (Fsp3) is 0.333. The normalized spacial score (nSPS) is 19.8. The van der Waals surface area contributed by atoms with Gasteiger partial charge >= 0.3 is 0 Å².